The number of hydrogen-bond donors (Lipinski definition) is 4. The maximum Gasteiger partial charge on any atom is 0.336 e. The molecule has 0 saturated carbocycles. The van der Waals surface area contributed by atoms with E-state index in [2.05, 4.69) is 9.97 Å². The summed E-state index contributed by atoms with van der Waals surface area (Å²) >= 11 is 0. The Morgan fingerprint density at radius 1 is 0.529 bits per heavy atom. The predicted octanol–water partition coefficient (Wildman–Crippen LogP) is 4.51. The SMILES string of the molecule is O=C(O)c1cc(C(=O)O)c(C(=O)c2cc3ccccc3[nH]2)cc1C(=O)c1cc2ccccc2[nH]1. The lowest BCUT2D eigenvalue weighted by atomic mass is 9.92. The summed E-state index contributed by atoms with van der Waals surface area (Å²) in [4.78, 5) is 56.4. The minimum Gasteiger partial charge on any atom is -0.478 e. The van der Waals surface area contributed by atoms with Crippen LogP contribution in [0, 0.1) is 0 Å². The zero-order valence-corrected chi connectivity index (χ0v) is 17.5. The van der Waals surface area contributed by atoms with E-state index in [1.807, 2.05) is 0 Å². The number of aromatic carboxylic acids is 2. The second kappa shape index (κ2) is 7.86. The number of aromatic amines is 2. The number of carbonyl (C=O) groups is 4. The van der Waals surface area contributed by atoms with E-state index in [0.717, 1.165) is 22.9 Å². The summed E-state index contributed by atoms with van der Waals surface area (Å²) in [6, 6.07) is 19.3. The minimum atomic E-state index is -1.48. The van der Waals surface area contributed by atoms with Gasteiger partial charge in [-0.15, -0.1) is 0 Å². The number of hydrogen-bond acceptors (Lipinski definition) is 4. The minimum absolute atomic E-state index is 0.121. The predicted molar refractivity (Wildman–Crippen MR) is 124 cm³/mol. The Bertz CT molecular complexity index is 1470. The fraction of sp³-hybridized carbons (Fsp3) is 0. The van der Waals surface area contributed by atoms with Crippen LogP contribution in [0.3, 0.4) is 0 Å². The van der Waals surface area contributed by atoms with E-state index in [1.165, 1.54) is 0 Å². The van der Waals surface area contributed by atoms with Gasteiger partial charge >= 0.3 is 11.9 Å². The first-order chi connectivity index (χ1) is 16.3. The normalized spacial score (nSPS) is 11.1. The van der Waals surface area contributed by atoms with Gasteiger partial charge in [0, 0.05) is 32.9 Å². The Labute approximate surface area is 191 Å². The van der Waals surface area contributed by atoms with Gasteiger partial charge in [0.05, 0.1) is 22.5 Å². The van der Waals surface area contributed by atoms with Crippen molar-refractivity contribution < 1.29 is 29.4 Å². The Morgan fingerprint density at radius 3 is 1.29 bits per heavy atom. The molecule has 34 heavy (non-hydrogen) atoms. The van der Waals surface area contributed by atoms with Crippen LogP contribution in [0.15, 0.2) is 72.8 Å². The van der Waals surface area contributed by atoms with Gasteiger partial charge in [-0.05, 0) is 36.4 Å². The van der Waals surface area contributed by atoms with Gasteiger partial charge in [0.25, 0.3) is 0 Å². The molecule has 8 heteroatoms. The molecular weight excluding hydrogens is 436 g/mol. The average Bonchev–Trinajstić information content (AvgIpc) is 3.46. The molecule has 166 valence electrons. The summed E-state index contributed by atoms with van der Waals surface area (Å²) in [6.07, 6.45) is 0. The lowest BCUT2D eigenvalue weighted by molar-refractivity contribution is 0.0690. The largest absolute Gasteiger partial charge is 0.478 e. The molecule has 0 aliphatic rings. The van der Waals surface area contributed by atoms with Gasteiger partial charge in [0.1, 0.15) is 0 Å². The number of carboxylic acids is 2. The van der Waals surface area contributed by atoms with Crippen LogP contribution in [-0.2, 0) is 0 Å². The van der Waals surface area contributed by atoms with Gasteiger partial charge in [-0.3, -0.25) is 9.59 Å². The van der Waals surface area contributed by atoms with Crippen molar-refractivity contribution in [3.8, 4) is 0 Å². The Hall–Kier alpha value is -4.98. The van der Waals surface area contributed by atoms with E-state index >= 15 is 0 Å². The van der Waals surface area contributed by atoms with Crippen LogP contribution >= 0.6 is 0 Å². The number of nitrogens with one attached hydrogen (secondary N) is 2. The molecule has 4 N–H and O–H groups in total. The zero-order valence-electron chi connectivity index (χ0n) is 17.5. The van der Waals surface area contributed by atoms with Crippen molar-refractivity contribution in [3.05, 3.63) is 106 Å². The lowest BCUT2D eigenvalue weighted by Gasteiger charge is -2.11. The Morgan fingerprint density at radius 2 is 0.912 bits per heavy atom. The van der Waals surface area contributed by atoms with Crippen LogP contribution in [0.1, 0.15) is 52.8 Å². The van der Waals surface area contributed by atoms with Gasteiger partial charge in [-0.1, -0.05) is 36.4 Å². The van der Waals surface area contributed by atoms with E-state index in [9.17, 15) is 29.4 Å². The molecule has 0 fully saturated rings. The van der Waals surface area contributed by atoms with Crippen LogP contribution in [0.4, 0.5) is 0 Å². The molecule has 3 aromatic carbocycles. The van der Waals surface area contributed by atoms with E-state index in [4.69, 9.17) is 0 Å². The molecule has 0 amide bonds. The molecule has 0 bridgehead atoms. The Balaban J connectivity index is 1.69. The van der Waals surface area contributed by atoms with E-state index < -0.39 is 34.6 Å². The molecule has 8 nitrogen and oxygen atoms in total. The van der Waals surface area contributed by atoms with Crippen molar-refractivity contribution in [2.45, 2.75) is 0 Å². The average molecular weight is 452 g/mol. The van der Waals surface area contributed by atoms with Crippen molar-refractivity contribution in [1.29, 1.82) is 0 Å². The number of para-hydroxylation sites is 2. The van der Waals surface area contributed by atoms with Crippen LogP contribution in [0.5, 0.6) is 0 Å². The second-order valence-electron chi connectivity index (χ2n) is 7.75. The van der Waals surface area contributed by atoms with Crippen LogP contribution in [0.2, 0.25) is 0 Å². The third-order valence-corrected chi connectivity index (χ3v) is 5.66. The number of aromatic nitrogens is 2. The van der Waals surface area contributed by atoms with Crippen molar-refractivity contribution in [2.24, 2.45) is 0 Å². The molecule has 5 rings (SSSR count). The second-order valence-corrected chi connectivity index (χ2v) is 7.75. The highest BCUT2D eigenvalue weighted by Gasteiger charge is 2.28. The van der Waals surface area contributed by atoms with E-state index in [-0.39, 0.29) is 22.5 Å². The van der Waals surface area contributed by atoms with Crippen molar-refractivity contribution in [1.82, 2.24) is 9.97 Å². The highest BCUT2D eigenvalue weighted by molar-refractivity contribution is 6.20. The fourth-order valence-corrected chi connectivity index (χ4v) is 4.01. The molecule has 0 saturated heterocycles. The Kier molecular flexibility index (Phi) is 4.83. The summed E-state index contributed by atoms with van der Waals surface area (Å²) in [5.74, 6) is -4.30. The van der Waals surface area contributed by atoms with Gasteiger partial charge in [-0.25, -0.2) is 9.59 Å². The maximum atomic E-state index is 13.3. The van der Waals surface area contributed by atoms with Crippen LogP contribution < -0.4 is 0 Å². The zero-order chi connectivity index (χ0) is 24.0. The van der Waals surface area contributed by atoms with Crippen LogP contribution in [-0.4, -0.2) is 43.7 Å². The monoisotopic (exact) mass is 452 g/mol. The number of H-pyrrole nitrogens is 2. The van der Waals surface area contributed by atoms with E-state index in [1.54, 1.807) is 60.7 Å². The molecule has 2 aromatic heterocycles. The molecule has 0 radical (unpaired) electrons. The number of fused-ring (bicyclic) bond motifs is 2. The van der Waals surface area contributed by atoms with Gasteiger partial charge in [-0.2, -0.15) is 0 Å². The van der Waals surface area contributed by atoms with Crippen molar-refractivity contribution in [2.75, 3.05) is 0 Å². The highest BCUT2D eigenvalue weighted by Crippen LogP contribution is 2.26. The molecular formula is C26H16N2O6. The smallest absolute Gasteiger partial charge is 0.336 e. The number of benzene rings is 3. The van der Waals surface area contributed by atoms with Crippen LogP contribution in [0.25, 0.3) is 21.8 Å². The fourth-order valence-electron chi connectivity index (χ4n) is 4.01. The lowest BCUT2D eigenvalue weighted by Crippen LogP contribution is -2.17. The third-order valence-electron chi connectivity index (χ3n) is 5.66. The summed E-state index contributed by atoms with van der Waals surface area (Å²) < 4.78 is 0. The topological polar surface area (TPSA) is 140 Å². The molecule has 0 aliphatic carbocycles. The first-order valence-electron chi connectivity index (χ1n) is 10.2. The number of ketones is 2. The summed E-state index contributed by atoms with van der Waals surface area (Å²) in [7, 11) is 0. The van der Waals surface area contributed by atoms with Gasteiger partial charge in [0.2, 0.25) is 11.6 Å². The van der Waals surface area contributed by atoms with Crippen molar-refractivity contribution in [3.63, 3.8) is 0 Å². The van der Waals surface area contributed by atoms with Crippen molar-refractivity contribution >= 4 is 45.3 Å². The van der Waals surface area contributed by atoms with E-state index in [0.29, 0.717) is 11.0 Å². The summed E-state index contributed by atoms with van der Waals surface area (Å²) in [5, 5.41) is 20.9. The summed E-state index contributed by atoms with van der Waals surface area (Å²) in [5.41, 5.74) is 0.0145. The first-order valence-corrected chi connectivity index (χ1v) is 10.2. The molecule has 0 unspecified atom stereocenters. The van der Waals surface area contributed by atoms with Gasteiger partial charge < -0.3 is 20.2 Å². The third kappa shape index (κ3) is 3.43. The highest BCUT2D eigenvalue weighted by atomic mass is 16.4. The molecule has 0 spiro atoms. The quantitative estimate of drug-likeness (QED) is 0.280. The summed E-state index contributed by atoms with van der Waals surface area (Å²) in [6.45, 7) is 0. The number of rotatable bonds is 6. The standard InChI is InChI=1S/C26H16N2O6/c29-23(21-9-13-5-1-3-7-19(13)27-21)15-11-16(18(26(33)34)12-17(15)25(31)32)24(30)22-10-14-6-2-4-8-20(14)28-22/h1-12,27-28H,(H,31,32)(H,33,34). The molecule has 2 heterocycles. The number of carbonyl (C=O) groups excluding carboxylic acids is 2. The molecule has 0 aliphatic heterocycles. The molecule has 5 aromatic rings. The first kappa shape index (κ1) is 20.9. The van der Waals surface area contributed by atoms with Gasteiger partial charge in [0.15, 0.2) is 0 Å². The maximum absolute atomic E-state index is 13.3. The molecule has 0 atom stereocenters. The number of carboxylic acid groups (broad SMARTS) is 2.